The smallest absolute Gasteiger partial charge is 0.120 e. The highest BCUT2D eigenvalue weighted by atomic mass is 35.5. The highest BCUT2D eigenvalue weighted by Gasteiger charge is 2.02. The van der Waals surface area contributed by atoms with Gasteiger partial charge in [0, 0.05) is 11.4 Å². The van der Waals surface area contributed by atoms with Crippen LogP contribution in [0.1, 0.15) is 5.69 Å². The topological polar surface area (TPSA) is 47.0 Å². The van der Waals surface area contributed by atoms with Gasteiger partial charge in [0.1, 0.15) is 5.75 Å². The van der Waals surface area contributed by atoms with E-state index in [0.29, 0.717) is 11.6 Å². The molecule has 1 aromatic heterocycles. The zero-order valence-electron chi connectivity index (χ0n) is 8.61. The Hall–Kier alpha value is -1.33. The zero-order valence-corrected chi connectivity index (χ0v) is 10.2. The number of aromatic nitrogens is 2. The molecule has 84 valence electrons. The Labute approximate surface area is 102 Å². The molecule has 0 aliphatic rings. The number of nitrogens with zero attached hydrogens (tertiary/aromatic N) is 2. The van der Waals surface area contributed by atoms with Gasteiger partial charge in [0.2, 0.25) is 0 Å². The lowest BCUT2D eigenvalue weighted by Crippen LogP contribution is -2.00. The third kappa shape index (κ3) is 2.62. The van der Waals surface area contributed by atoms with Crippen molar-refractivity contribution < 1.29 is 4.74 Å². The summed E-state index contributed by atoms with van der Waals surface area (Å²) in [7, 11) is 1.61. The van der Waals surface area contributed by atoms with Gasteiger partial charge in [-0.1, -0.05) is 16.1 Å². The van der Waals surface area contributed by atoms with Gasteiger partial charge in [-0.15, -0.1) is 5.10 Å². The third-order valence-corrected chi connectivity index (χ3v) is 2.91. The van der Waals surface area contributed by atoms with Crippen LogP contribution in [0.4, 0.5) is 5.69 Å². The second kappa shape index (κ2) is 5.14. The highest BCUT2D eigenvalue weighted by Crippen LogP contribution is 2.26. The van der Waals surface area contributed by atoms with Crippen molar-refractivity contribution in [2.45, 2.75) is 6.54 Å². The summed E-state index contributed by atoms with van der Waals surface area (Å²) in [5, 5.41) is 9.64. The molecule has 0 fully saturated rings. The van der Waals surface area contributed by atoms with Crippen LogP contribution < -0.4 is 10.1 Å². The van der Waals surface area contributed by atoms with E-state index in [1.165, 1.54) is 11.5 Å². The lowest BCUT2D eigenvalue weighted by atomic mass is 10.3. The molecule has 6 heteroatoms. The van der Waals surface area contributed by atoms with Gasteiger partial charge >= 0.3 is 0 Å². The van der Waals surface area contributed by atoms with E-state index in [2.05, 4.69) is 14.9 Å². The Morgan fingerprint density at radius 1 is 1.50 bits per heavy atom. The maximum absolute atomic E-state index is 6.07. The molecule has 0 amide bonds. The number of hydrogen-bond donors (Lipinski definition) is 1. The van der Waals surface area contributed by atoms with E-state index >= 15 is 0 Å². The molecular weight excluding hydrogens is 246 g/mol. The van der Waals surface area contributed by atoms with Gasteiger partial charge in [0.25, 0.3) is 0 Å². The van der Waals surface area contributed by atoms with Crippen molar-refractivity contribution in [2.75, 3.05) is 12.4 Å². The lowest BCUT2D eigenvalue weighted by Gasteiger charge is -2.08. The Morgan fingerprint density at radius 2 is 2.38 bits per heavy atom. The minimum atomic E-state index is 0.614. The molecule has 0 aliphatic heterocycles. The average molecular weight is 256 g/mol. The van der Waals surface area contributed by atoms with E-state index in [-0.39, 0.29) is 0 Å². The van der Waals surface area contributed by atoms with Gasteiger partial charge in [-0.3, -0.25) is 0 Å². The molecule has 0 unspecified atom stereocenters. The largest absolute Gasteiger partial charge is 0.497 e. The molecule has 0 bridgehead atoms. The molecule has 2 aromatic rings. The molecule has 0 atom stereocenters. The molecule has 0 radical (unpaired) electrons. The van der Waals surface area contributed by atoms with Crippen molar-refractivity contribution in [3.63, 3.8) is 0 Å². The maximum atomic E-state index is 6.07. The standard InChI is InChI=1S/C10H10ClN3OS/c1-15-8-2-3-10(9(11)4-8)12-5-7-6-16-14-13-7/h2-4,6,12H,5H2,1H3. The van der Waals surface area contributed by atoms with Crippen LogP contribution in [0, 0.1) is 0 Å². The summed E-state index contributed by atoms with van der Waals surface area (Å²) in [5.41, 5.74) is 1.76. The Kier molecular flexibility index (Phi) is 3.58. The van der Waals surface area contributed by atoms with Gasteiger partial charge in [-0.05, 0) is 23.7 Å². The van der Waals surface area contributed by atoms with Crippen LogP contribution in [0.3, 0.4) is 0 Å². The number of rotatable bonds is 4. The number of methoxy groups -OCH3 is 1. The molecule has 1 aromatic carbocycles. The molecule has 4 nitrogen and oxygen atoms in total. The fourth-order valence-electron chi connectivity index (χ4n) is 1.21. The second-order valence-corrected chi connectivity index (χ2v) is 4.11. The first-order valence-corrected chi connectivity index (χ1v) is 5.84. The van der Waals surface area contributed by atoms with E-state index in [1.807, 2.05) is 17.5 Å². The third-order valence-electron chi connectivity index (χ3n) is 2.04. The Balaban J connectivity index is 2.04. The van der Waals surface area contributed by atoms with E-state index in [9.17, 15) is 0 Å². The summed E-state index contributed by atoms with van der Waals surface area (Å²) in [6, 6.07) is 5.50. The van der Waals surface area contributed by atoms with Crippen molar-refractivity contribution in [2.24, 2.45) is 0 Å². The molecule has 0 saturated heterocycles. The summed E-state index contributed by atoms with van der Waals surface area (Å²) >= 11 is 7.40. The number of nitrogens with one attached hydrogen (secondary N) is 1. The first kappa shape index (κ1) is 11.2. The number of hydrogen-bond acceptors (Lipinski definition) is 5. The molecule has 1 N–H and O–H groups in total. The average Bonchev–Trinajstić information content (AvgIpc) is 2.80. The van der Waals surface area contributed by atoms with Crippen LogP contribution in [0.2, 0.25) is 5.02 Å². The number of benzene rings is 1. The maximum Gasteiger partial charge on any atom is 0.120 e. The molecule has 2 rings (SSSR count). The predicted molar refractivity (Wildman–Crippen MR) is 65.2 cm³/mol. The number of halogens is 1. The highest BCUT2D eigenvalue weighted by molar-refractivity contribution is 7.03. The Morgan fingerprint density at radius 3 is 3.00 bits per heavy atom. The summed E-state index contributed by atoms with van der Waals surface area (Å²) < 4.78 is 8.85. The quantitative estimate of drug-likeness (QED) is 0.913. The van der Waals surface area contributed by atoms with Crippen molar-refractivity contribution in [1.29, 1.82) is 0 Å². The van der Waals surface area contributed by atoms with Crippen molar-refractivity contribution in [3.05, 3.63) is 34.3 Å². The summed E-state index contributed by atoms with van der Waals surface area (Å²) in [6.07, 6.45) is 0. The van der Waals surface area contributed by atoms with E-state index < -0.39 is 0 Å². The number of ether oxygens (including phenoxy) is 1. The van der Waals surface area contributed by atoms with Gasteiger partial charge in [0.15, 0.2) is 0 Å². The van der Waals surface area contributed by atoms with E-state index in [4.69, 9.17) is 16.3 Å². The van der Waals surface area contributed by atoms with Crippen LogP contribution in [0.25, 0.3) is 0 Å². The first-order valence-electron chi connectivity index (χ1n) is 4.63. The van der Waals surface area contributed by atoms with Crippen LogP contribution in [0.5, 0.6) is 5.75 Å². The molecule has 1 heterocycles. The van der Waals surface area contributed by atoms with Gasteiger partial charge in [0.05, 0.1) is 30.1 Å². The van der Waals surface area contributed by atoms with Crippen molar-refractivity contribution in [1.82, 2.24) is 9.59 Å². The monoisotopic (exact) mass is 255 g/mol. The van der Waals surface area contributed by atoms with Gasteiger partial charge in [-0.2, -0.15) is 0 Å². The normalized spacial score (nSPS) is 10.1. The SMILES string of the molecule is COc1ccc(NCc2csnn2)c(Cl)c1. The molecule has 0 spiro atoms. The minimum absolute atomic E-state index is 0.614. The fraction of sp³-hybridized carbons (Fsp3) is 0.200. The lowest BCUT2D eigenvalue weighted by molar-refractivity contribution is 0.415. The Bertz CT molecular complexity index is 461. The summed E-state index contributed by atoms with van der Waals surface area (Å²) in [4.78, 5) is 0. The molecule has 0 aliphatic carbocycles. The molecule has 0 saturated carbocycles. The second-order valence-electron chi connectivity index (χ2n) is 3.10. The van der Waals surface area contributed by atoms with Crippen LogP contribution in [-0.2, 0) is 6.54 Å². The van der Waals surface area contributed by atoms with Crippen LogP contribution >= 0.6 is 23.1 Å². The van der Waals surface area contributed by atoms with Gasteiger partial charge in [-0.25, -0.2) is 0 Å². The van der Waals surface area contributed by atoms with E-state index in [1.54, 1.807) is 13.2 Å². The van der Waals surface area contributed by atoms with Crippen molar-refractivity contribution >= 4 is 28.8 Å². The van der Waals surface area contributed by atoms with Crippen LogP contribution in [0.15, 0.2) is 23.6 Å². The van der Waals surface area contributed by atoms with E-state index in [0.717, 1.165) is 17.1 Å². The summed E-state index contributed by atoms with van der Waals surface area (Å²) in [5.74, 6) is 0.742. The minimum Gasteiger partial charge on any atom is -0.497 e. The van der Waals surface area contributed by atoms with Crippen LogP contribution in [-0.4, -0.2) is 16.7 Å². The fourth-order valence-corrected chi connectivity index (χ4v) is 1.90. The van der Waals surface area contributed by atoms with Gasteiger partial charge < -0.3 is 10.1 Å². The first-order chi connectivity index (χ1) is 7.79. The zero-order chi connectivity index (χ0) is 11.4. The summed E-state index contributed by atoms with van der Waals surface area (Å²) in [6.45, 7) is 0.614. The molecular formula is C10H10ClN3OS. The predicted octanol–water partition coefficient (Wildman–Crippen LogP) is 2.81. The van der Waals surface area contributed by atoms with Crippen molar-refractivity contribution in [3.8, 4) is 5.75 Å². The number of anilines is 1. The molecule has 16 heavy (non-hydrogen) atoms.